The van der Waals surface area contributed by atoms with Crippen molar-refractivity contribution < 1.29 is 4.39 Å². The molecule has 0 radical (unpaired) electrons. The number of hydrogen-bond donors (Lipinski definition) is 2. The first-order valence-electron chi connectivity index (χ1n) is 8.20. The topological polar surface area (TPSA) is 121 Å². The van der Waals surface area contributed by atoms with Gasteiger partial charge in [0.05, 0.1) is 18.3 Å². The Morgan fingerprint density at radius 1 is 1.27 bits per heavy atom. The van der Waals surface area contributed by atoms with E-state index >= 15 is 0 Å². The SMILES string of the molecule is Cc1c(-c2cnc(CN)nc2)c(F)cn2c(=O)n(N)c(=O)c(C3CC3)c12. The van der Waals surface area contributed by atoms with Gasteiger partial charge in [-0.15, -0.1) is 0 Å². The number of aromatic nitrogens is 4. The van der Waals surface area contributed by atoms with E-state index in [0.717, 1.165) is 23.4 Å². The lowest BCUT2D eigenvalue weighted by Gasteiger charge is -2.15. The van der Waals surface area contributed by atoms with E-state index in [2.05, 4.69) is 9.97 Å². The molecule has 0 atom stereocenters. The van der Waals surface area contributed by atoms with E-state index in [-0.39, 0.29) is 18.0 Å². The molecule has 1 fully saturated rings. The first-order chi connectivity index (χ1) is 12.4. The fourth-order valence-corrected chi connectivity index (χ4v) is 3.32. The average Bonchev–Trinajstić information content (AvgIpc) is 3.46. The minimum atomic E-state index is -0.780. The van der Waals surface area contributed by atoms with Gasteiger partial charge in [0.1, 0.15) is 11.6 Å². The molecule has 0 spiro atoms. The van der Waals surface area contributed by atoms with Gasteiger partial charge in [0, 0.05) is 29.1 Å². The number of nitrogen functional groups attached to an aromatic ring is 1. The van der Waals surface area contributed by atoms with Crippen LogP contribution in [-0.4, -0.2) is 19.0 Å². The lowest BCUT2D eigenvalue weighted by molar-refractivity contribution is 0.615. The second kappa shape index (κ2) is 5.73. The molecule has 0 aromatic carbocycles. The second-order valence-corrected chi connectivity index (χ2v) is 6.43. The third-order valence-corrected chi connectivity index (χ3v) is 4.73. The quantitative estimate of drug-likeness (QED) is 0.656. The summed E-state index contributed by atoms with van der Waals surface area (Å²) in [4.78, 5) is 33.1. The minimum absolute atomic E-state index is 0.0285. The number of aryl methyl sites for hydroxylation is 1. The maximum absolute atomic E-state index is 14.8. The van der Waals surface area contributed by atoms with Crippen LogP contribution in [0.2, 0.25) is 0 Å². The molecule has 26 heavy (non-hydrogen) atoms. The predicted molar refractivity (Wildman–Crippen MR) is 93.7 cm³/mol. The molecule has 3 aromatic heterocycles. The van der Waals surface area contributed by atoms with E-state index in [4.69, 9.17) is 11.6 Å². The molecule has 4 N–H and O–H groups in total. The Labute approximate surface area is 146 Å². The summed E-state index contributed by atoms with van der Waals surface area (Å²) in [5.74, 6) is 5.46. The van der Waals surface area contributed by atoms with Crippen molar-refractivity contribution in [2.75, 3.05) is 5.84 Å². The lowest BCUT2D eigenvalue weighted by atomic mass is 9.99. The van der Waals surface area contributed by atoms with Crippen LogP contribution in [0.1, 0.15) is 35.7 Å². The van der Waals surface area contributed by atoms with Crippen LogP contribution in [0.4, 0.5) is 4.39 Å². The molecule has 0 bridgehead atoms. The van der Waals surface area contributed by atoms with E-state index in [9.17, 15) is 14.0 Å². The Morgan fingerprint density at radius 3 is 2.50 bits per heavy atom. The average molecular weight is 356 g/mol. The molecular formula is C17H17FN6O2. The maximum Gasteiger partial charge on any atom is 0.354 e. The molecule has 1 saturated carbocycles. The fraction of sp³-hybridized carbons (Fsp3) is 0.294. The molecule has 134 valence electrons. The van der Waals surface area contributed by atoms with Gasteiger partial charge in [-0.25, -0.2) is 19.2 Å². The standard InChI is InChI=1S/C17H17FN6O2/c1-8-13(10-5-21-12(4-19)22-6-10)11(18)7-23-15(8)14(9-2-3-9)16(25)24(20)17(23)26/h5-7,9H,2-4,19-20H2,1H3. The van der Waals surface area contributed by atoms with Crippen molar-refractivity contribution >= 4 is 5.52 Å². The summed E-state index contributed by atoms with van der Waals surface area (Å²) in [6.45, 7) is 1.85. The van der Waals surface area contributed by atoms with Crippen LogP contribution >= 0.6 is 0 Å². The van der Waals surface area contributed by atoms with Gasteiger partial charge in [-0.2, -0.15) is 4.68 Å². The zero-order chi connectivity index (χ0) is 18.6. The summed E-state index contributed by atoms with van der Waals surface area (Å²) in [5, 5.41) is 0. The molecule has 8 nitrogen and oxygen atoms in total. The van der Waals surface area contributed by atoms with Gasteiger partial charge in [0.2, 0.25) is 0 Å². The Hall–Kier alpha value is -3.07. The third kappa shape index (κ3) is 2.31. The highest BCUT2D eigenvalue weighted by Crippen LogP contribution is 2.41. The monoisotopic (exact) mass is 356 g/mol. The molecule has 1 aliphatic carbocycles. The molecule has 3 heterocycles. The first kappa shape index (κ1) is 16.4. The Morgan fingerprint density at radius 2 is 1.92 bits per heavy atom. The molecule has 4 rings (SSSR count). The van der Waals surface area contributed by atoms with E-state index < -0.39 is 17.1 Å². The molecular weight excluding hydrogens is 339 g/mol. The fourth-order valence-electron chi connectivity index (χ4n) is 3.32. The Bertz CT molecular complexity index is 1150. The van der Waals surface area contributed by atoms with Crippen LogP contribution in [0.25, 0.3) is 16.6 Å². The highest BCUT2D eigenvalue weighted by molar-refractivity contribution is 5.76. The number of rotatable bonds is 3. The van der Waals surface area contributed by atoms with Gasteiger partial charge >= 0.3 is 5.69 Å². The van der Waals surface area contributed by atoms with Gasteiger partial charge in [-0.3, -0.25) is 9.20 Å². The summed E-state index contributed by atoms with van der Waals surface area (Å²) in [7, 11) is 0. The van der Waals surface area contributed by atoms with Crippen molar-refractivity contribution in [3.05, 3.63) is 62.2 Å². The van der Waals surface area contributed by atoms with E-state index in [0.29, 0.717) is 32.7 Å². The molecule has 0 unspecified atom stereocenters. The number of nitrogens with zero attached hydrogens (tertiary/aromatic N) is 4. The van der Waals surface area contributed by atoms with E-state index in [1.165, 1.54) is 12.4 Å². The first-order valence-corrected chi connectivity index (χ1v) is 8.20. The van der Waals surface area contributed by atoms with E-state index in [1.54, 1.807) is 6.92 Å². The van der Waals surface area contributed by atoms with Crippen molar-refractivity contribution in [2.24, 2.45) is 5.73 Å². The zero-order valence-electron chi connectivity index (χ0n) is 14.1. The normalized spacial score (nSPS) is 14.1. The highest BCUT2D eigenvalue weighted by atomic mass is 19.1. The number of fused-ring (bicyclic) bond motifs is 1. The number of pyridine rings is 1. The Balaban J connectivity index is 2.10. The van der Waals surface area contributed by atoms with Crippen LogP contribution in [0.5, 0.6) is 0 Å². The summed E-state index contributed by atoms with van der Waals surface area (Å²) in [6.07, 6.45) is 5.70. The van der Waals surface area contributed by atoms with Gasteiger partial charge in [0.25, 0.3) is 5.56 Å². The highest BCUT2D eigenvalue weighted by Gasteiger charge is 2.32. The van der Waals surface area contributed by atoms with Crippen molar-refractivity contribution in [1.82, 2.24) is 19.0 Å². The van der Waals surface area contributed by atoms with E-state index in [1.807, 2.05) is 0 Å². The molecule has 3 aromatic rings. The minimum Gasteiger partial charge on any atom is -0.332 e. The van der Waals surface area contributed by atoms with Crippen molar-refractivity contribution in [1.29, 1.82) is 0 Å². The largest absolute Gasteiger partial charge is 0.354 e. The molecule has 1 aliphatic rings. The molecule has 0 amide bonds. The molecule has 0 saturated heterocycles. The van der Waals surface area contributed by atoms with Gasteiger partial charge in [-0.05, 0) is 31.2 Å². The second-order valence-electron chi connectivity index (χ2n) is 6.43. The van der Waals surface area contributed by atoms with Gasteiger partial charge < -0.3 is 11.6 Å². The lowest BCUT2D eigenvalue weighted by Crippen LogP contribution is -2.44. The van der Waals surface area contributed by atoms with Crippen molar-refractivity contribution in [2.45, 2.75) is 32.2 Å². The van der Waals surface area contributed by atoms with Crippen LogP contribution in [0.15, 0.2) is 28.2 Å². The van der Waals surface area contributed by atoms with Crippen molar-refractivity contribution in [3.8, 4) is 11.1 Å². The van der Waals surface area contributed by atoms with Crippen LogP contribution < -0.4 is 22.8 Å². The summed E-state index contributed by atoms with van der Waals surface area (Å²) < 4.78 is 16.5. The van der Waals surface area contributed by atoms with Crippen LogP contribution in [0.3, 0.4) is 0 Å². The molecule has 9 heteroatoms. The number of nitrogens with two attached hydrogens (primary N) is 2. The van der Waals surface area contributed by atoms with Crippen molar-refractivity contribution in [3.63, 3.8) is 0 Å². The van der Waals surface area contributed by atoms with Crippen LogP contribution in [-0.2, 0) is 6.54 Å². The summed E-state index contributed by atoms with van der Waals surface area (Å²) in [5.41, 5.74) is 6.22. The number of halogens is 1. The third-order valence-electron chi connectivity index (χ3n) is 4.73. The number of hydrogen-bond acceptors (Lipinski definition) is 6. The van der Waals surface area contributed by atoms with Gasteiger partial charge in [0.15, 0.2) is 0 Å². The Kier molecular flexibility index (Phi) is 3.62. The van der Waals surface area contributed by atoms with Gasteiger partial charge in [-0.1, -0.05) is 0 Å². The maximum atomic E-state index is 14.8. The molecule has 0 aliphatic heterocycles. The summed E-state index contributed by atoms with van der Waals surface area (Å²) in [6, 6.07) is 0. The predicted octanol–water partition coefficient (Wildman–Crippen LogP) is 0.416. The summed E-state index contributed by atoms with van der Waals surface area (Å²) >= 11 is 0. The zero-order valence-corrected chi connectivity index (χ0v) is 14.1. The smallest absolute Gasteiger partial charge is 0.332 e. The van der Waals surface area contributed by atoms with Crippen LogP contribution in [0, 0.1) is 12.7 Å².